The third-order valence-electron chi connectivity index (χ3n) is 1.32. The van der Waals surface area contributed by atoms with Crippen molar-refractivity contribution in [2.75, 3.05) is 0 Å². The number of nitrogens with zero attached hydrogens (tertiary/aromatic N) is 1. The molecule has 58 valence electrons. The smallest absolute Gasteiger partial charge is 1.00 e. The Balaban J connectivity index is 0. The van der Waals surface area contributed by atoms with Gasteiger partial charge in [-0.3, -0.25) is 0 Å². The van der Waals surface area contributed by atoms with E-state index in [0.717, 1.165) is 12.2 Å². The van der Waals surface area contributed by atoms with Gasteiger partial charge in [0.25, 0.3) is 0 Å². The molecule has 0 aliphatic heterocycles. The van der Waals surface area contributed by atoms with Crippen LogP contribution >= 0.6 is 0 Å². The zero-order chi connectivity index (χ0) is 6.53. The third kappa shape index (κ3) is 6.48. The number of halogens is 1. The molecule has 0 radical (unpaired) electrons. The molecule has 0 aliphatic rings. The predicted molar refractivity (Wildman–Crippen MR) is 37.2 cm³/mol. The number of unbranched alkanes of at least 4 members (excludes halogenated alkanes) is 1. The average Bonchev–Trinajstić information content (AvgIpc) is 2.34. The first-order chi connectivity index (χ1) is 4.43. The minimum absolute atomic E-state index is 0. The molecule has 0 aromatic carbocycles. The van der Waals surface area contributed by atoms with E-state index in [1.807, 2.05) is 6.20 Å². The molecule has 1 rings (SSSR count). The van der Waals surface area contributed by atoms with Gasteiger partial charge in [-0.05, 0) is 6.42 Å². The molecule has 0 bridgehead atoms. The molecule has 11 heavy (non-hydrogen) atoms. The van der Waals surface area contributed by atoms with Crippen molar-refractivity contribution in [2.45, 2.75) is 26.2 Å². The van der Waals surface area contributed by atoms with E-state index in [9.17, 15) is 0 Å². The zero-order valence-corrected chi connectivity index (χ0v) is 11.8. The summed E-state index contributed by atoms with van der Waals surface area (Å²) in [6.45, 7) is 2.18. The van der Waals surface area contributed by atoms with Crippen molar-refractivity contribution >= 4 is 0 Å². The molecule has 0 fully saturated rings. The summed E-state index contributed by atoms with van der Waals surface area (Å²) in [6, 6.07) is 0. The van der Waals surface area contributed by atoms with Gasteiger partial charge >= 0.3 is 51.4 Å². The molecule has 0 aliphatic carbocycles. The summed E-state index contributed by atoms with van der Waals surface area (Å²) in [7, 11) is 0. The van der Waals surface area contributed by atoms with Gasteiger partial charge in [-0.2, -0.15) is 0 Å². The summed E-state index contributed by atoms with van der Waals surface area (Å²) >= 11 is 0. The fourth-order valence-corrected chi connectivity index (χ4v) is 0.779. The Hall–Kier alpha value is 1.33. The van der Waals surface area contributed by atoms with E-state index in [1.165, 1.54) is 12.8 Å². The first-order valence-corrected chi connectivity index (χ1v) is 3.41. The number of nitrogens with one attached hydrogen (secondary N) is 1. The minimum atomic E-state index is 0. The Labute approximate surface area is 121 Å². The molecule has 0 saturated carbocycles. The second kappa shape index (κ2) is 9.41. The summed E-state index contributed by atoms with van der Waals surface area (Å²) in [5, 5.41) is 0. The molecule has 0 amide bonds. The molecular formula is C7H12BrKN2. The Bertz CT molecular complexity index is 153. The average molecular weight is 243 g/mol. The molecule has 0 unspecified atom stereocenters. The zero-order valence-electron chi connectivity index (χ0n) is 7.10. The molecule has 1 aromatic rings. The molecule has 4 heteroatoms. The second-order valence-electron chi connectivity index (χ2n) is 2.14. The van der Waals surface area contributed by atoms with Gasteiger partial charge in [0, 0.05) is 18.8 Å². The summed E-state index contributed by atoms with van der Waals surface area (Å²) in [5.74, 6) is 1.11. The summed E-state index contributed by atoms with van der Waals surface area (Å²) in [5.41, 5.74) is 0. The molecule has 1 heterocycles. The summed E-state index contributed by atoms with van der Waals surface area (Å²) in [4.78, 5) is 7.16. The first-order valence-electron chi connectivity index (χ1n) is 3.41. The number of aromatic nitrogens is 2. The van der Waals surface area contributed by atoms with Gasteiger partial charge in [0.1, 0.15) is 5.82 Å². The van der Waals surface area contributed by atoms with Crippen molar-refractivity contribution in [3.8, 4) is 0 Å². The number of hydrogen-bond donors (Lipinski definition) is 1. The molecule has 2 nitrogen and oxygen atoms in total. The van der Waals surface area contributed by atoms with Crippen molar-refractivity contribution < 1.29 is 68.4 Å². The van der Waals surface area contributed by atoms with Crippen LogP contribution in [0.2, 0.25) is 0 Å². The predicted octanol–water partition coefficient (Wildman–Crippen LogP) is -4.24. The number of hydrogen-bond acceptors (Lipinski definition) is 1. The van der Waals surface area contributed by atoms with Crippen molar-refractivity contribution in [3.63, 3.8) is 0 Å². The van der Waals surface area contributed by atoms with Crippen LogP contribution in [0.25, 0.3) is 0 Å². The third-order valence-corrected chi connectivity index (χ3v) is 1.32. The summed E-state index contributed by atoms with van der Waals surface area (Å²) < 4.78 is 0. The van der Waals surface area contributed by atoms with Crippen LogP contribution in [-0.2, 0) is 6.42 Å². The van der Waals surface area contributed by atoms with E-state index in [4.69, 9.17) is 0 Å². The van der Waals surface area contributed by atoms with Gasteiger partial charge in [0.2, 0.25) is 0 Å². The maximum atomic E-state index is 4.10. The molecule has 0 atom stereocenters. The first kappa shape index (κ1) is 14.8. The van der Waals surface area contributed by atoms with E-state index in [0.29, 0.717) is 0 Å². The fraction of sp³-hybridized carbons (Fsp3) is 0.571. The molecule has 0 saturated heterocycles. The van der Waals surface area contributed by atoms with Crippen LogP contribution in [0, 0.1) is 0 Å². The van der Waals surface area contributed by atoms with Gasteiger partial charge in [0.15, 0.2) is 0 Å². The van der Waals surface area contributed by atoms with Gasteiger partial charge in [0.05, 0.1) is 0 Å². The molecule has 0 spiro atoms. The van der Waals surface area contributed by atoms with Crippen LogP contribution in [0.5, 0.6) is 0 Å². The van der Waals surface area contributed by atoms with Gasteiger partial charge < -0.3 is 22.0 Å². The van der Waals surface area contributed by atoms with Gasteiger partial charge in [-0.15, -0.1) is 0 Å². The Morgan fingerprint density at radius 3 is 2.73 bits per heavy atom. The largest absolute Gasteiger partial charge is 1.00 e. The Morgan fingerprint density at radius 1 is 1.55 bits per heavy atom. The quantitative estimate of drug-likeness (QED) is 0.535. The molecule has 1 aromatic heterocycles. The van der Waals surface area contributed by atoms with Crippen molar-refractivity contribution in [3.05, 3.63) is 18.2 Å². The van der Waals surface area contributed by atoms with Crippen LogP contribution in [0.3, 0.4) is 0 Å². The monoisotopic (exact) mass is 242 g/mol. The number of aryl methyl sites for hydroxylation is 1. The van der Waals surface area contributed by atoms with E-state index in [1.54, 1.807) is 6.20 Å². The van der Waals surface area contributed by atoms with Gasteiger partial charge in [-0.1, -0.05) is 13.3 Å². The fourth-order valence-electron chi connectivity index (χ4n) is 0.779. The number of aromatic amines is 1. The number of imidazole rings is 1. The van der Waals surface area contributed by atoms with Crippen LogP contribution in [-0.4, -0.2) is 9.97 Å². The van der Waals surface area contributed by atoms with E-state index < -0.39 is 0 Å². The topological polar surface area (TPSA) is 28.7 Å². The maximum Gasteiger partial charge on any atom is 1.00 e. The van der Waals surface area contributed by atoms with Crippen LogP contribution in [0.4, 0.5) is 0 Å². The standard InChI is InChI=1S/C7H12N2.BrH.K/c1-2-3-4-7-8-5-6-9-7;;/h5-6H,2-4H2,1H3,(H,8,9);1H;/q;;+1/p-1. The van der Waals surface area contributed by atoms with Crippen LogP contribution in [0.15, 0.2) is 12.4 Å². The summed E-state index contributed by atoms with van der Waals surface area (Å²) in [6.07, 6.45) is 7.22. The molecular weight excluding hydrogens is 231 g/mol. The SMILES string of the molecule is CCCCc1ncc[nH]1.[Br-].[K+]. The van der Waals surface area contributed by atoms with E-state index >= 15 is 0 Å². The Kier molecular flexibility index (Phi) is 12.7. The van der Waals surface area contributed by atoms with Crippen molar-refractivity contribution in [2.24, 2.45) is 0 Å². The van der Waals surface area contributed by atoms with Crippen molar-refractivity contribution in [1.29, 1.82) is 0 Å². The van der Waals surface area contributed by atoms with Crippen LogP contribution < -0.4 is 68.4 Å². The van der Waals surface area contributed by atoms with Gasteiger partial charge in [-0.25, -0.2) is 4.98 Å². The number of rotatable bonds is 3. The maximum absolute atomic E-state index is 4.10. The van der Waals surface area contributed by atoms with Crippen LogP contribution in [0.1, 0.15) is 25.6 Å². The Morgan fingerprint density at radius 2 is 2.27 bits per heavy atom. The van der Waals surface area contributed by atoms with E-state index in [2.05, 4.69) is 16.9 Å². The van der Waals surface area contributed by atoms with Crippen molar-refractivity contribution in [1.82, 2.24) is 9.97 Å². The normalized spacial score (nSPS) is 8.09. The molecule has 1 N–H and O–H groups in total. The minimum Gasteiger partial charge on any atom is -1.00 e. The number of H-pyrrole nitrogens is 1. The van der Waals surface area contributed by atoms with E-state index in [-0.39, 0.29) is 68.4 Å². The second-order valence-corrected chi connectivity index (χ2v) is 2.14.